The lowest BCUT2D eigenvalue weighted by Crippen LogP contribution is -2.25. The molecule has 0 radical (unpaired) electrons. The maximum absolute atomic E-state index is 12.1. The van der Waals surface area contributed by atoms with Gasteiger partial charge in [0, 0.05) is 11.6 Å². The first-order valence-electron chi connectivity index (χ1n) is 7.14. The summed E-state index contributed by atoms with van der Waals surface area (Å²) in [5.41, 5.74) is 0. The van der Waals surface area contributed by atoms with Crippen LogP contribution in [0, 0.1) is 0 Å². The van der Waals surface area contributed by atoms with E-state index in [0.29, 0.717) is 23.8 Å². The number of benzene rings is 2. The largest absolute Gasteiger partial charge is 0.494 e. The summed E-state index contributed by atoms with van der Waals surface area (Å²) in [6.07, 6.45) is 0.435. The van der Waals surface area contributed by atoms with E-state index >= 15 is 0 Å². The highest BCUT2D eigenvalue weighted by Gasteiger charge is 2.15. The molecule has 2 aromatic carbocycles. The third kappa shape index (κ3) is 5.98. The van der Waals surface area contributed by atoms with E-state index in [1.54, 1.807) is 24.3 Å². The van der Waals surface area contributed by atoms with Crippen molar-refractivity contribution in [2.45, 2.75) is 16.2 Å². The normalized spacial score (nSPS) is 12.1. The van der Waals surface area contributed by atoms with Crippen molar-refractivity contribution in [1.82, 2.24) is 4.72 Å². The van der Waals surface area contributed by atoms with Gasteiger partial charge in [0.25, 0.3) is 10.1 Å². The van der Waals surface area contributed by atoms with Crippen LogP contribution in [-0.2, 0) is 20.1 Å². The summed E-state index contributed by atoms with van der Waals surface area (Å²) in [6.45, 7) is 0.460. The molecule has 25 heavy (non-hydrogen) atoms. The molecule has 0 atom stereocenters. The van der Waals surface area contributed by atoms with Gasteiger partial charge in [-0.3, -0.25) is 4.55 Å². The molecular formula is C15H16ClNO6S2. The van der Waals surface area contributed by atoms with Crippen molar-refractivity contribution in [2.75, 3.05) is 13.2 Å². The van der Waals surface area contributed by atoms with Crippen LogP contribution in [0.1, 0.15) is 6.42 Å². The molecule has 0 saturated carbocycles. The highest BCUT2D eigenvalue weighted by molar-refractivity contribution is 7.89. The van der Waals surface area contributed by atoms with Crippen LogP contribution in [0.15, 0.2) is 58.3 Å². The van der Waals surface area contributed by atoms with Crippen LogP contribution in [0.2, 0.25) is 5.02 Å². The Balaban J connectivity index is 1.84. The zero-order valence-corrected chi connectivity index (χ0v) is 15.3. The first kappa shape index (κ1) is 19.7. The van der Waals surface area contributed by atoms with Crippen LogP contribution in [0.5, 0.6) is 5.75 Å². The Morgan fingerprint density at radius 3 is 2.04 bits per heavy atom. The fraction of sp³-hybridized carbons (Fsp3) is 0.200. The van der Waals surface area contributed by atoms with Gasteiger partial charge >= 0.3 is 0 Å². The van der Waals surface area contributed by atoms with Crippen molar-refractivity contribution in [1.29, 1.82) is 0 Å². The zero-order chi connectivity index (χ0) is 18.5. The number of hydrogen-bond acceptors (Lipinski definition) is 5. The van der Waals surface area contributed by atoms with Gasteiger partial charge in [0.05, 0.1) is 16.4 Å². The Morgan fingerprint density at radius 1 is 0.920 bits per heavy atom. The molecule has 136 valence electrons. The van der Waals surface area contributed by atoms with Crippen LogP contribution in [-0.4, -0.2) is 34.5 Å². The molecular weight excluding hydrogens is 390 g/mol. The average molecular weight is 406 g/mol. The average Bonchev–Trinajstić information content (AvgIpc) is 2.55. The van der Waals surface area contributed by atoms with Gasteiger partial charge in [-0.25, -0.2) is 13.1 Å². The van der Waals surface area contributed by atoms with Gasteiger partial charge in [-0.05, 0) is 55.0 Å². The van der Waals surface area contributed by atoms with Gasteiger partial charge in [0.15, 0.2) is 0 Å². The lowest BCUT2D eigenvalue weighted by atomic mass is 10.3. The lowest BCUT2D eigenvalue weighted by molar-refractivity contribution is 0.311. The molecule has 7 nitrogen and oxygen atoms in total. The van der Waals surface area contributed by atoms with E-state index in [4.69, 9.17) is 20.9 Å². The van der Waals surface area contributed by atoms with Crippen LogP contribution in [0.25, 0.3) is 0 Å². The van der Waals surface area contributed by atoms with Gasteiger partial charge in [-0.2, -0.15) is 8.42 Å². The third-order valence-electron chi connectivity index (χ3n) is 3.13. The molecule has 0 aromatic heterocycles. The molecule has 0 saturated heterocycles. The Kier molecular flexibility index (Phi) is 6.42. The standard InChI is InChI=1S/C15H16ClNO6S2/c16-12-2-4-13(5-3-12)23-11-1-10-17-24(18,19)14-6-8-15(9-7-14)25(20,21)22/h2-9,17H,1,10-11H2,(H,20,21,22). The van der Waals surface area contributed by atoms with E-state index in [-0.39, 0.29) is 16.3 Å². The zero-order valence-electron chi connectivity index (χ0n) is 12.9. The molecule has 10 heteroatoms. The molecule has 2 aromatic rings. The molecule has 0 amide bonds. The highest BCUT2D eigenvalue weighted by Crippen LogP contribution is 2.16. The number of hydrogen-bond donors (Lipinski definition) is 2. The monoisotopic (exact) mass is 405 g/mol. The Hall–Kier alpha value is -1.65. The van der Waals surface area contributed by atoms with Crippen LogP contribution < -0.4 is 9.46 Å². The number of halogens is 1. The highest BCUT2D eigenvalue weighted by atomic mass is 35.5. The molecule has 0 aliphatic rings. The Morgan fingerprint density at radius 2 is 1.48 bits per heavy atom. The van der Waals surface area contributed by atoms with Gasteiger partial charge in [-0.15, -0.1) is 0 Å². The summed E-state index contributed by atoms with van der Waals surface area (Å²) in [4.78, 5) is -0.471. The van der Waals surface area contributed by atoms with Crippen LogP contribution >= 0.6 is 11.6 Å². The van der Waals surface area contributed by atoms with Crippen LogP contribution in [0.3, 0.4) is 0 Å². The van der Waals surface area contributed by atoms with E-state index in [1.807, 2.05) is 0 Å². The Bertz CT molecular complexity index is 909. The van der Waals surface area contributed by atoms with Crippen molar-refractivity contribution in [2.24, 2.45) is 0 Å². The fourth-order valence-corrected chi connectivity index (χ4v) is 3.55. The molecule has 0 fully saturated rings. The molecule has 0 heterocycles. The molecule has 0 aliphatic heterocycles. The second-order valence-electron chi connectivity index (χ2n) is 5.00. The van der Waals surface area contributed by atoms with E-state index in [1.165, 1.54) is 0 Å². The summed E-state index contributed by atoms with van der Waals surface area (Å²) in [5.74, 6) is 0.632. The minimum atomic E-state index is -4.36. The van der Waals surface area contributed by atoms with Gasteiger partial charge < -0.3 is 4.74 Å². The van der Waals surface area contributed by atoms with Crippen molar-refractivity contribution in [3.05, 3.63) is 53.6 Å². The first-order chi connectivity index (χ1) is 11.7. The molecule has 2 rings (SSSR count). The Labute approximate surface area is 151 Å². The van der Waals surface area contributed by atoms with Gasteiger partial charge in [0.2, 0.25) is 10.0 Å². The minimum Gasteiger partial charge on any atom is -0.494 e. The molecule has 0 spiro atoms. The number of rotatable bonds is 8. The minimum absolute atomic E-state index is 0.0986. The second-order valence-corrected chi connectivity index (χ2v) is 8.63. The van der Waals surface area contributed by atoms with Crippen LogP contribution in [0.4, 0.5) is 0 Å². The molecule has 2 N–H and O–H groups in total. The van der Waals surface area contributed by atoms with Crippen molar-refractivity contribution >= 4 is 31.7 Å². The van der Waals surface area contributed by atoms with Crippen molar-refractivity contribution in [3.63, 3.8) is 0 Å². The summed E-state index contributed by atoms with van der Waals surface area (Å²) in [6, 6.07) is 11.1. The van der Waals surface area contributed by atoms with E-state index in [0.717, 1.165) is 24.3 Å². The SMILES string of the molecule is O=S(=O)(O)c1ccc(S(=O)(=O)NCCCOc2ccc(Cl)cc2)cc1. The third-order valence-corrected chi connectivity index (χ3v) is 5.72. The number of ether oxygens (including phenoxy) is 1. The number of sulfonamides is 1. The van der Waals surface area contributed by atoms with Crippen molar-refractivity contribution < 1.29 is 26.1 Å². The smallest absolute Gasteiger partial charge is 0.294 e. The fourth-order valence-electron chi connectivity index (χ4n) is 1.87. The predicted octanol–water partition coefficient (Wildman–Crippen LogP) is 2.33. The number of nitrogens with one attached hydrogen (secondary N) is 1. The van der Waals surface area contributed by atoms with Gasteiger partial charge in [-0.1, -0.05) is 11.6 Å². The summed E-state index contributed by atoms with van der Waals surface area (Å²) in [5, 5.41) is 0.597. The van der Waals surface area contributed by atoms with E-state index in [2.05, 4.69) is 4.72 Å². The van der Waals surface area contributed by atoms with Gasteiger partial charge in [0.1, 0.15) is 5.75 Å². The first-order valence-corrected chi connectivity index (χ1v) is 10.4. The molecule has 0 unspecified atom stereocenters. The van der Waals surface area contributed by atoms with E-state index in [9.17, 15) is 16.8 Å². The maximum Gasteiger partial charge on any atom is 0.294 e. The van der Waals surface area contributed by atoms with E-state index < -0.39 is 20.1 Å². The lowest BCUT2D eigenvalue weighted by Gasteiger charge is -2.08. The second kappa shape index (κ2) is 8.15. The summed E-state index contributed by atoms with van der Waals surface area (Å²) >= 11 is 5.76. The topological polar surface area (TPSA) is 110 Å². The predicted molar refractivity (Wildman–Crippen MR) is 93.0 cm³/mol. The van der Waals surface area contributed by atoms with Crippen molar-refractivity contribution in [3.8, 4) is 5.75 Å². The quantitative estimate of drug-likeness (QED) is 0.515. The molecule has 0 bridgehead atoms. The maximum atomic E-state index is 12.1. The molecule has 0 aliphatic carbocycles. The summed E-state index contributed by atoms with van der Waals surface area (Å²) < 4.78 is 62.8. The summed E-state index contributed by atoms with van der Waals surface area (Å²) in [7, 11) is -8.13.